The summed E-state index contributed by atoms with van der Waals surface area (Å²) in [5.74, 6) is 0.552. The van der Waals surface area contributed by atoms with E-state index in [1.165, 1.54) is 12.8 Å². The van der Waals surface area contributed by atoms with Gasteiger partial charge >= 0.3 is 0 Å². The predicted molar refractivity (Wildman–Crippen MR) is 38.5 cm³/mol. The summed E-state index contributed by atoms with van der Waals surface area (Å²) >= 11 is 0. The van der Waals surface area contributed by atoms with E-state index in [0.717, 1.165) is 12.8 Å². The van der Waals surface area contributed by atoms with Crippen LogP contribution in [0.25, 0.3) is 0 Å². The number of unbranched alkanes of at least 4 members (excludes halogenated alkanes) is 2. The quantitative estimate of drug-likeness (QED) is 0.507. The van der Waals surface area contributed by atoms with Gasteiger partial charge in [-0.1, -0.05) is 33.1 Å². The van der Waals surface area contributed by atoms with Crippen LogP contribution in [0.5, 0.6) is 0 Å². The van der Waals surface area contributed by atoms with Crippen LogP contribution in [0.3, 0.4) is 0 Å². The van der Waals surface area contributed by atoms with Gasteiger partial charge < -0.3 is 0 Å². The van der Waals surface area contributed by atoms with E-state index in [1.807, 2.05) is 0 Å². The van der Waals surface area contributed by atoms with Crippen molar-refractivity contribution in [2.75, 3.05) is 6.61 Å². The van der Waals surface area contributed by atoms with Crippen molar-refractivity contribution in [3.63, 3.8) is 0 Å². The molecule has 0 aliphatic heterocycles. The molecule has 0 aromatic rings. The van der Waals surface area contributed by atoms with Crippen LogP contribution in [-0.4, -0.2) is 6.61 Å². The molecule has 0 spiro atoms. The van der Waals surface area contributed by atoms with Crippen LogP contribution >= 0.6 is 0 Å². The van der Waals surface area contributed by atoms with Crippen molar-refractivity contribution in [3.05, 3.63) is 6.92 Å². The first-order chi connectivity index (χ1) is 4.27. The summed E-state index contributed by atoms with van der Waals surface area (Å²) in [6.45, 7) is 6.06. The van der Waals surface area contributed by atoms with E-state index in [9.17, 15) is 5.11 Å². The average molecular weight is 128 g/mol. The highest BCUT2D eigenvalue weighted by molar-refractivity contribution is 4.53. The van der Waals surface area contributed by atoms with Crippen LogP contribution in [0.2, 0.25) is 0 Å². The summed E-state index contributed by atoms with van der Waals surface area (Å²) in [6, 6.07) is 0. The Hall–Kier alpha value is -0.0400. The fourth-order valence-corrected chi connectivity index (χ4v) is 0.772. The number of rotatable bonds is 5. The highest BCUT2D eigenvalue weighted by atomic mass is 16.2. The van der Waals surface area contributed by atoms with Gasteiger partial charge in [-0.05, 0) is 12.3 Å². The first-order valence-corrected chi connectivity index (χ1v) is 3.68. The maximum absolute atomic E-state index is 9.96. The minimum absolute atomic E-state index is 0.0888. The number of hydrogen-bond donors (Lipinski definition) is 0. The van der Waals surface area contributed by atoms with Crippen molar-refractivity contribution < 1.29 is 5.11 Å². The van der Waals surface area contributed by atoms with E-state index in [0.29, 0.717) is 5.92 Å². The molecule has 0 aromatic heterocycles. The lowest BCUT2D eigenvalue weighted by molar-refractivity contribution is 0.185. The van der Waals surface area contributed by atoms with E-state index < -0.39 is 0 Å². The predicted octanol–water partition coefficient (Wildman–Crippen LogP) is 2.45. The topological polar surface area (TPSA) is 19.9 Å². The lowest BCUT2D eigenvalue weighted by Gasteiger charge is -2.01. The molecule has 0 saturated heterocycles. The zero-order chi connectivity index (χ0) is 7.11. The van der Waals surface area contributed by atoms with E-state index in [1.54, 1.807) is 0 Å². The maximum atomic E-state index is 9.96. The van der Waals surface area contributed by atoms with Gasteiger partial charge in [0, 0.05) is 0 Å². The van der Waals surface area contributed by atoms with Crippen molar-refractivity contribution in [2.45, 2.75) is 32.6 Å². The van der Waals surface area contributed by atoms with Gasteiger partial charge in [0.15, 0.2) is 0 Å². The third-order valence-electron chi connectivity index (χ3n) is 1.34. The fourth-order valence-electron chi connectivity index (χ4n) is 0.772. The van der Waals surface area contributed by atoms with Gasteiger partial charge in [0.1, 0.15) is 0 Å². The second-order valence-electron chi connectivity index (χ2n) is 2.66. The molecule has 1 unspecified atom stereocenters. The molecular weight excluding hydrogens is 112 g/mol. The minimum atomic E-state index is 0.0888. The molecule has 0 aromatic carbocycles. The van der Waals surface area contributed by atoms with Crippen LogP contribution in [0.15, 0.2) is 0 Å². The monoisotopic (exact) mass is 128 g/mol. The van der Waals surface area contributed by atoms with Crippen LogP contribution in [0, 0.1) is 12.8 Å². The smallest absolute Gasteiger partial charge is 0.0822 e. The molecule has 0 N–H and O–H groups in total. The second-order valence-corrected chi connectivity index (χ2v) is 2.66. The molecule has 54 valence electrons. The van der Waals surface area contributed by atoms with E-state index in [2.05, 4.69) is 13.8 Å². The third kappa shape index (κ3) is 7.96. The van der Waals surface area contributed by atoms with Gasteiger partial charge in [-0.3, -0.25) is 0 Å². The molecule has 0 aliphatic carbocycles. The summed E-state index contributed by atoms with van der Waals surface area (Å²) in [5.41, 5.74) is 0. The average Bonchev–Trinajstić information content (AvgIpc) is 1.80. The van der Waals surface area contributed by atoms with Gasteiger partial charge in [0.2, 0.25) is 0 Å². The summed E-state index contributed by atoms with van der Waals surface area (Å²) in [5, 5.41) is 9.96. The Balaban J connectivity index is 2.75. The first kappa shape index (κ1) is 8.96. The number of hydrogen-bond acceptors (Lipinski definition) is 0. The fraction of sp³-hybridized carbons (Fsp3) is 0.875. The Bertz CT molecular complexity index is 50.5. The second kappa shape index (κ2) is 6.09. The first-order valence-electron chi connectivity index (χ1n) is 3.68. The molecule has 0 rings (SSSR count). The van der Waals surface area contributed by atoms with Gasteiger partial charge in [0.05, 0.1) is 6.61 Å². The minimum Gasteiger partial charge on any atom is -0.237 e. The van der Waals surface area contributed by atoms with Crippen molar-refractivity contribution in [3.8, 4) is 0 Å². The Morgan fingerprint density at radius 1 is 1.33 bits per heavy atom. The Morgan fingerprint density at radius 3 is 2.44 bits per heavy atom. The van der Waals surface area contributed by atoms with Crippen LogP contribution in [0.4, 0.5) is 0 Å². The molecule has 0 saturated carbocycles. The normalized spacial score (nSPS) is 10.7. The van der Waals surface area contributed by atoms with Gasteiger partial charge in [0.25, 0.3) is 0 Å². The molecule has 1 atom stereocenters. The molecule has 2 radical (unpaired) electrons. The molecule has 1 heteroatoms. The Morgan fingerprint density at radius 2 is 2.00 bits per heavy atom. The van der Waals surface area contributed by atoms with Crippen molar-refractivity contribution >= 4 is 0 Å². The zero-order valence-electron chi connectivity index (χ0n) is 6.23. The van der Waals surface area contributed by atoms with Gasteiger partial charge in [-0.15, -0.1) is 0 Å². The van der Waals surface area contributed by atoms with Gasteiger partial charge in [-0.2, -0.15) is 0 Å². The molecule has 0 bridgehead atoms. The van der Waals surface area contributed by atoms with Crippen molar-refractivity contribution in [1.29, 1.82) is 0 Å². The molecule has 1 nitrogen and oxygen atoms in total. The lowest BCUT2D eigenvalue weighted by atomic mass is 10.1. The molecule has 0 aliphatic rings. The molecule has 0 heterocycles. The highest BCUT2D eigenvalue weighted by Crippen LogP contribution is 2.06. The summed E-state index contributed by atoms with van der Waals surface area (Å²) in [6.07, 6.45) is 4.27. The largest absolute Gasteiger partial charge is 0.237 e. The summed E-state index contributed by atoms with van der Waals surface area (Å²) < 4.78 is 0. The van der Waals surface area contributed by atoms with Crippen molar-refractivity contribution in [1.82, 2.24) is 0 Å². The van der Waals surface area contributed by atoms with Crippen molar-refractivity contribution in [2.24, 2.45) is 5.92 Å². The molecule has 9 heavy (non-hydrogen) atoms. The summed E-state index contributed by atoms with van der Waals surface area (Å²) in [7, 11) is 0. The van der Waals surface area contributed by atoms with E-state index in [-0.39, 0.29) is 6.61 Å². The highest BCUT2D eigenvalue weighted by Gasteiger charge is 1.92. The Labute approximate surface area is 58.1 Å². The van der Waals surface area contributed by atoms with E-state index >= 15 is 0 Å². The third-order valence-corrected chi connectivity index (χ3v) is 1.34. The van der Waals surface area contributed by atoms with Crippen LogP contribution in [-0.2, 0) is 5.11 Å². The standard InChI is InChI=1S/C8H16O/c1-8(2)6-4-3-5-7-9/h8H,1,3-7H2,2H3. The lowest BCUT2D eigenvalue weighted by Crippen LogP contribution is -1.88. The van der Waals surface area contributed by atoms with Crippen LogP contribution < -0.4 is 0 Å². The SMILES string of the molecule is [CH2]C(C)CCCCC[O]. The molecule has 0 fully saturated rings. The maximum Gasteiger partial charge on any atom is 0.0822 e. The molecular formula is C8H16O. The Kier molecular flexibility index (Phi) is 6.06. The zero-order valence-corrected chi connectivity index (χ0v) is 6.23. The van der Waals surface area contributed by atoms with Crippen LogP contribution in [0.1, 0.15) is 32.6 Å². The molecule has 0 amide bonds. The van der Waals surface area contributed by atoms with E-state index in [4.69, 9.17) is 0 Å². The summed E-state index contributed by atoms with van der Waals surface area (Å²) in [4.78, 5) is 0. The van der Waals surface area contributed by atoms with Gasteiger partial charge in [-0.25, -0.2) is 5.11 Å².